The first-order valence-electron chi connectivity index (χ1n) is 4.39. The van der Waals surface area contributed by atoms with Crippen LogP contribution in [0.3, 0.4) is 0 Å². The molecular formula is C10H10N2OS. The predicted molar refractivity (Wildman–Crippen MR) is 56.5 cm³/mol. The summed E-state index contributed by atoms with van der Waals surface area (Å²) in [4.78, 5) is 9.33. The minimum atomic E-state index is 0.626. The van der Waals surface area contributed by atoms with Crippen molar-refractivity contribution in [2.45, 2.75) is 6.92 Å². The highest BCUT2D eigenvalue weighted by Crippen LogP contribution is 2.24. The van der Waals surface area contributed by atoms with Crippen molar-refractivity contribution in [2.24, 2.45) is 0 Å². The average molecular weight is 206 g/mol. The molecule has 0 atom stereocenters. The second kappa shape index (κ2) is 4.19. The molecule has 4 heteroatoms. The van der Waals surface area contributed by atoms with Crippen LogP contribution in [0, 0.1) is 0 Å². The molecule has 0 amide bonds. The van der Waals surface area contributed by atoms with E-state index in [2.05, 4.69) is 9.97 Å². The maximum absolute atomic E-state index is 5.30. The molecule has 0 unspecified atom stereocenters. The lowest BCUT2D eigenvalue weighted by Gasteiger charge is -2.01. The average Bonchev–Trinajstić information content (AvgIpc) is 2.71. The van der Waals surface area contributed by atoms with Crippen molar-refractivity contribution in [1.82, 2.24) is 9.97 Å². The van der Waals surface area contributed by atoms with Gasteiger partial charge in [0.15, 0.2) is 0 Å². The maximum Gasteiger partial charge on any atom is 0.216 e. The quantitative estimate of drug-likeness (QED) is 0.774. The SMILES string of the molecule is CCOc1cc(-c2cccs2)ncn1. The van der Waals surface area contributed by atoms with Crippen LogP contribution in [0.15, 0.2) is 29.9 Å². The summed E-state index contributed by atoms with van der Waals surface area (Å²) >= 11 is 1.66. The molecule has 0 fully saturated rings. The number of thiophene rings is 1. The van der Waals surface area contributed by atoms with Crippen LogP contribution in [-0.4, -0.2) is 16.6 Å². The second-order valence-corrected chi connectivity index (χ2v) is 3.60. The van der Waals surface area contributed by atoms with Crippen LogP contribution in [0.4, 0.5) is 0 Å². The third kappa shape index (κ3) is 1.90. The van der Waals surface area contributed by atoms with E-state index >= 15 is 0 Å². The zero-order valence-electron chi connectivity index (χ0n) is 7.80. The zero-order chi connectivity index (χ0) is 9.80. The molecule has 14 heavy (non-hydrogen) atoms. The maximum atomic E-state index is 5.30. The van der Waals surface area contributed by atoms with Crippen molar-refractivity contribution in [3.8, 4) is 16.5 Å². The van der Waals surface area contributed by atoms with Crippen LogP contribution in [0.5, 0.6) is 5.88 Å². The smallest absolute Gasteiger partial charge is 0.216 e. The first kappa shape index (κ1) is 9.15. The van der Waals surface area contributed by atoms with Gasteiger partial charge < -0.3 is 4.74 Å². The highest BCUT2D eigenvalue weighted by molar-refractivity contribution is 7.13. The van der Waals surface area contributed by atoms with Crippen molar-refractivity contribution in [3.63, 3.8) is 0 Å². The molecule has 2 aromatic heterocycles. The topological polar surface area (TPSA) is 35.0 Å². The van der Waals surface area contributed by atoms with Crippen LogP contribution in [0.2, 0.25) is 0 Å². The zero-order valence-corrected chi connectivity index (χ0v) is 8.62. The highest BCUT2D eigenvalue weighted by atomic mass is 32.1. The van der Waals surface area contributed by atoms with Gasteiger partial charge in [-0.3, -0.25) is 0 Å². The molecule has 2 heterocycles. The fourth-order valence-corrected chi connectivity index (χ4v) is 1.82. The summed E-state index contributed by atoms with van der Waals surface area (Å²) in [6.07, 6.45) is 1.53. The lowest BCUT2D eigenvalue weighted by Crippen LogP contribution is -1.95. The molecule has 3 nitrogen and oxygen atoms in total. The van der Waals surface area contributed by atoms with E-state index in [1.165, 1.54) is 6.33 Å². The Morgan fingerprint density at radius 3 is 3.07 bits per heavy atom. The van der Waals surface area contributed by atoms with Crippen molar-refractivity contribution in [3.05, 3.63) is 29.9 Å². The van der Waals surface area contributed by atoms with E-state index in [9.17, 15) is 0 Å². The Bertz CT molecular complexity index is 400. The first-order valence-corrected chi connectivity index (χ1v) is 5.27. The van der Waals surface area contributed by atoms with Crippen LogP contribution in [0.25, 0.3) is 10.6 Å². The summed E-state index contributed by atoms with van der Waals surface area (Å²) in [5.74, 6) is 0.630. The minimum absolute atomic E-state index is 0.626. The molecule has 0 aliphatic rings. The van der Waals surface area contributed by atoms with Crippen molar-refractivity contribution >= 4 is 11.3 Å². The number of aromatic nitrogens is 2. The van der Waals surface area contributed by atoms with Gasteiger partial charge in [0.25, 0.3) is 0 Å². The van der Waals surface area contributed by atoms with Crippen LogP contribution < -0.4 is 4.74 Å². The molecule has 72 valence electrons. The van der Waals surface area contributed by atoms with Crippen LogP contribution in [-0.2, 0) is 0 Å². The number of nitrogens with zero attached hydrogens (tertiary/aromatic N) is 2. The third-order valence-electron chi connectivity index (χ3n) is 1.71. The van der Waals surface area contributed by atoms with Gasteiger partial charge in [0, 0.05) is 6.07 Å². The lowest BCUT2D eigenvalue weighted by molar-refractivity contribution is 0.326. The lowest BCUT2D eigenvalue weighted by atomic mass is 10.3. The molecule has 2 rings (SSSR count). The Balaban J connectivity index is 2.31. The summed E-state index contributed by atoms with van der Waals surface area (Å²) in [5.41, 5.74) is 0.915. The fraction of sp³-hybridized carbons (Fsp3) is 0.200. The summed E-state index contributed by atoms with van der Waals surface area (Å²) < 4.78 is 5.30. The molecule has 0 spiro atoms. The minimum Gasteiger partial charge on any atom is -0.478 e. The van der Waals surface area contributed by atoms with Crippen LogP contribution >= 0.6 is 11.3 Å². The predicted octanol–water partition coefficient (Wildman–Crippen LogP) is 2.60. The molecule has 0 saturated carbocycles. The summed E-state index contributed by atoms with van der Waals surface area (Å²) in [6, 6.07) is 5.89. The third-order valence-corrected chi connectivity index (χ3v) is 2.60. The normalized spacial score (nSPS) is 10.1. The largest absolute Gasteiger partial charge is 0.478 e. The van der Waals surface area contributed by atoms with Gasteiger partial charge in [0.2, 0.25) is 5.88 Å². The summed E-state index contributed by atoms with van der Waals surface area (Å²) in [5, 5.41) is 2.03. The number of hydrogen-bond acceptors (Lipinski definition) is 4. The van der Waals surface area contributed by atoms with E-state index in [0.29, 0.717) is 12.5 Å². The molecule has 0 aromatic carbocycles. The first-order chi connectivity index (χ1) is 6.90. The van der Waals surface area contributed by atoms with E-state index < -0.39 is 0 Å². The Labute approximate surface area is 86.4 Å². The van der Waals surface area contributed by atoms with E-state index in [-0.39, 0.29) is 0 Å². The Hall–Kier alpha value is -1.42. The number of rotatable bonds is 3. The van der Waals surface area contributed by atoms with Gasteiger partial charge in [0.05, 0.1) is 17.2 Å². The Morgan fingerprint density at radius 2 is 2.36 bits per heavy atom. The van der Waals surface area contributed by atoms with Gasteiger partial charge in [-0.25, -0.2) is 9.97 Å². The summed E-state index contributed by atoms with van der Waals surface area (Å²) in [6.45, 7) is 2.56. The van der Waals surface area contributed by atoms with E-state index in [1.54, 1.807) is 11.3 Å². The van der Waals surface area contributed by atoms with Gasteiger partial charge in [-0.05, 0) is 18.4 Å². The van der Waals surface area contributed by atoms with Gasteiger partial charge in [-0.1, -0.05) is 6.07 Å². The fourth-order valence-electron chi connectivity index (χ4n) is 1.13. The molecule has 0 radical (unpaired) electrons. The van der Waals surface area contributed by atoms with E-state index in [0.717, 1.165) is 10.6 Å². The molecule has 0 aliphatic heterocycles. The van der Waals surface area contributed by atoms with Gasteiger partial charge in [-0.15, -0.1) is 11.3 Å². The van der Waals surface area contributed by atoms with Gasteiger partial charge in [0.1, 0.15) is 6.33 Å². The van der Waals surface area contributed by atoms with Gasteiger partial charge in [-0.2, -0.15) is 0 Å². The Kier molecular flexibility index (Phi) is 2.74. The molecule has 0 aliphatic carbocycles. The molecule has 0 N–H and O–H groups in total. The number of hydrogen-bond donors (Lipinski definition) is 0. The second-order valence-electron chi connectivity index (χ2n) is 2.65. The van der Waals surface area contributed by atoms with Crippen molar-refractivity contribution in [2.75, 3.05) is 6.61 Å². The van der Waals surface area contributed by atoms with Crippen molar-refractivity contribution in [1.29, 1.82) is 0 Å². The van der Waals surface area contributed by atoms with E-state index in [4.69, 9.17) is 4.74 Å². The molecular weight excluding hydrogens is 196 g/mol. The summed E-state index contributed by atoms with van der Waals surface area (Å²) in [7, 11) is 0. The molecule has 0 saturated heterocycles. The Morgan fingerprint density at radius 1 is 1.43 bits per heavy atom. The molecule has 2 aromatic rings. The standard InChI is InChI=1S/C10H10N2OS/c1-2-13-10-6-8(11-7-12-10)9-4-3-5-14-9/h3-7H,2H2,1H3. The van der Waals surface area contributed by atoms with E-state index in [1.807, 2.05) is 30.5 Å². The van der Waals surface area contributed by atoms with Gasteiger partial charge >= 0.3 is 0 Å². The van der Waals surface area contributed by atoms with Crippen LogP contribution in [0.1, 0.15) is 6.92 Å². The van der Waals surface area contributed by atoms with Crippen molar-refractivity contribution < 1.29 is 4.74 Å². The molecule has 0 bridgehead atoms. The monoisotopic (exact) mass is 206 g/mol. The highest BCUT2D eigenvalue weighted by Gasteiger charge is 2.02. The number of ether oxygens (including phenoxy) is 1.